The van der Waals surface area contributed by atoms with Gasteiger partial charge in [0.25, 0.3) is 0 Å². The number of nitrogens with one attached hydrogen (secondary N) is 2. The third-order valence-corrected chi connectivity index (χ3v) is 18.7. The van der Waals surface area contributed by atoms with E-state index in [1.54, 1.807) is 7.11 Å². The number of aromatic nitrogens is 3. The molecule has 0 amide bonds. The second-order valence-corrected chi connectivity index (χ2v) is 22.6. The Morgan fingerprint density at radius 2 is 1.57 bits per heavy atom. The number of methoxy groups -OCH3 is 1. The minimum absolute atomic E-state index is 0.00412. The zero-order valence-corrected chi connectivity index (χ0v) is 45.0. The number of likely N-dealkylation sites (tertiary alicyclic amines) is 2. The van der Waals surface area contributed by atoms with Crippen molar-refractivity contribution < 1.29 is 14.3 Å². The molecule has 2 bridgehead atoms. The lowest BCUT2D eigenvalue weighted by atomic mass is 9.54. The number of likely N-dealkylation sites (N-methyl/N-ethyl adjacent to an activating group) is 2. The predicted molar refractivity (Wildman–Crippen MR) is 287 cm³/mol. The summed E-state index contributed by atoms with van der Waals surface area (Å²) in [6.07, 6.45) is 6.22. The number of halogens is 2. The first-order valence-electron chi connectivity index (χ1n) is 26.6. The summed E-state index contributed by atoms with van der Waals surface area (Å²) < 4.78 is 14.9. The number of rotatable bonds is 16. The number of hydrogen-bond donors (Lipinski definition) is 2. The molecule has 7 unspecified atom stereocenters. The van der Waals surface area contributed by atoms with Crippen LogP contribution in [0.25, 0.3) is 5.69 Å². The fourth-order valence-corrected chi connectivity index (χ4v) is 15.0. The van der Waals surface area contributed by atoms with Gasteiger partial charge in [-0.25, -0.2) is 4.68 Å². The lowest BCUT2D eigenvalue weighted by molar-refractivity contribution is -0.154. The van der Waals surface area contributed by atoms with E-state index >= 15 is 4.79 Å². The van der Waals surface area contributed by atoms with Crippen LogP contribution in [0.3, 0.4) is 0 Å². The molecule has 5 heterocycles. The van der Waals surface area contributed by atoms with E-state index in [2.05, 4.69) is 138 Å². The molecule has 4 aromatic carbocycles. The summed E-state index contributed by atoms with van der Waals surface area (Å²) in [6, 6.07) is 33.1. The average Bonchev–Trinajstić information content (AvgIpc) is 4.09. The Morgan fingerprint density at radius 3 is 2.28 bits per heavy atom. The first-order valence-corrected chi connectivity index (χ1v) is 27.3. The van der Waals surface area contributed by atoms with Crippen molar-refractivity contribution >= 4 is 29.0 Å². The Labute approximate surface area is 437 Å². The number of ether oxygens (including phenoxy) is 2. The van der Waals surface area contributed by atoms with Gasteiger partial charge in [-0.1, -0.05) is 97.7 Å². The Hall–Kier alpha value is -4.21. The molecule has 1 spiro atoms. The molecule has 5 aromatic rings. The van der Waals surface area contributed by atoms with Gasteiger partial charge >= 0.3 is 0 Å². The molecule has 2 N–H and O–H groups in total. The van der Waals surface area contributed by atoms with Gasteiger partial charge < -0.3 is 20.1 Å². The fraction of sp³-hybridized carbons (Fsp3) is 0.534. The van der Waals surface area contributed by atoms with E-state index in [0.717, 1.165) is 80.3 Å². The van der Waals surface area contributed by atoms with E-state index < -0.39 is 10.8 Å². The number of ketones is 1. The molecule has 10 rings (SSSR count). The van der Waals surface area contributed by atoms with Crippen LogP contribution < -0.4 is 15.4 Å². The van der Waals surface area contributed by atoms with Crippen molar-refractivity contribution in [1.29, 1.82) is 0 Å². The van der Waals surface area contributed by atoms with Crippen molar-refractivity contribution in [3.05, 3.63) is 136 Å². The molecule has 0 radical (unpaired) electrons. The molecule has 4 saturated heterocycles. The number of carbonyl (C=O) groups excluding carboxylic acids is 1. The largest absolute Gasteiger partial charge is 0.457 e. The quantitative estimate of drug-likeness (QED) is 0.0991. The van der Waals surface area contributed by atoms with Gasteiger partial charge in [0.2, 0.25) is 0 Å². The maximum atomic E-state index is 17.5. The topological polar surface area (TPSA) is 103 Å². The molecule has 12 nitrogen and oxygen atoms in total. The highest BCUT2D eigenvalue weighted by molar-refractivity contribution is 6.31. The number of hydrogen-bond acceptors (Lipinski definition) is 11. The van der Waals surface area contributed by atoms with Gasteiger partial charge in [-0.15, -0.1) is 5.10 Å². The summed E-state index contributed by atoms with van der Waals surface area (Å²) in [6.45, 7) is 15.9. The molecule has 384 valence electrons. The van der Waals surface area contributed by atoms with Gasteiger partial charge in [-0.3, -0.25) is 24.4 Å². The van der Waals surface area contributed by atoms with Crippen molar-refractivity contribution in [3.8, 4) is 17.2 Å². The van der Waals surface area contributed by atoms with Gasteiger partial charge in [0.1, 0.15) is 11.5 Å². The lowest BCUT2D eigenvalue weighted by Gasteiger charge is -2.57. The van der Waals surface area contributed by atoms with Crippen LogP contribution in [-0.4, -0.2) is 142 Å². The Kier molecular flexibility index (Phi) is 15.1. The first-order chi connectivity index (χ1) is 34.8. The van der Waals surface area contributed by atoms with Gasteiger partial charge in [-0.2, -0.15) is 0 Å². The summed E-state index contributed by atoms with van der Waals surface area (Å²) in [5.74, 6) is 2.06. The van der Waals surface area contributed by atoms with Crippen LogP contribution in [-0.2, 0) is 35.5 Å². The maximum Gasteiger partial charge on any atom is 0.153 e. The van der Waals surface area contributed by atoms with Crippen LogP contribution in [0, 0.1) is 16.7 Å². The Bertz CT molecular complexity index is 2650. The molecular formula is C58H75Cl2N9O3. The lowest BCUT2D eigenvalue weighted by Crippen LogP contribution is -2.73. The third-order valence-electron chi connectivity index (χ3n) is 18.2. The molecule has 1 aliphatic carbocycles. The van der Waals surface area contributed by atoms with Crippen molar-refractivity contribution in [3.63, 3.8) is 0 Å². The monoisotopic (exact) mass is 1020 g/mol. The van der Waals surface area contributed by atoms with Crippen LogP contribution in [0.2, 0.25) is 10.0 Å². The zero-order chi connectivity index (χ0) is 50.5. The normalized spacial score (nSPS) is 31.8. The molecule has 14 heteroatoms. The van der Waals surface area contributed by atoms with Crippen molar-refractivity contribution in [2.75, 3.05) is 47.4 Å². The summed E-state index contributed by atoms with van der Waals surface area (Å²) in [7, 11) is 6.39. The number of Topliss-reactive ketones (excluding diaryl/α,β-unsaturated/α-hetero) is 1. The van der Waals surface area contributed by atoms with Gasteiger partial charge in [0.15, 0.2) is 5.78 Å². The SMILES string of the molecule is CCN(CC)Cc1cn(-c2ccc(Oc3cc(Cl)ccc3CN3C4C[C@@H](Cc5ccccc5)C5N(C)[C@@H](C)CNC6C[C@H](Cc7ccc(Cl)cc7)N(C)C7[C@@H](COC)NC([C@@H]3C)C67C(=O)C54CC)cc2)nn1. The van der Waals surface area contributed by atoms with Gasteiger partial charge in [-0.05, 0) is 139 Å². The highest BCUT2D eigenvalue weighted by Crippen LogP contribution is 2.63. The summed E-state index contributed by atoms with van der Waals surface area (Å²) >= 11 is 13.3. The van der Waals surface area contributed by atoms with E-state index in [4.69, 9.17) is 32.7 Å². The van der Waals surface area contributed by atoms with Crippen LogP contribution >= 0.6 is 23.2 Å². The fourth-order valence-electron chi connectivity index (χ4n) is 14.7. The molecule has 72 heavy (non-hydrogen) atoms. The highest BCUT2D eigenvalue weighted by atomic mass is 35.5. The van der Waals surface area contributed by atoms with E-state index in [9.17, 15) is 0 Å². The van der Waals surface area contributed by atoms with Crippen molar-refractivity contribution in [1.82, 2.24) is 45.2 Å². The maximum absolute atomic E-state index is 17.5. The number of piperidine rings is 1. The standard InChI is InChI=1S/C58H75Cl2N9O3/c1-9-57-52-29-42(27-39-15-13-12-14-16-39)54(57)65(6)37(4)32-61-51-31-47(28-40-17-20-43(59)21-18-40)66(7)55-49(36-71-8)62-53(58(51,55)56(57)70)38(5)68(52)33-41-19-22-44(60)30-50(41)72-48-25-23-46(24-26-48)69-35-45(63-64-69)34-67(10-2)11-3/h12-26,30,35,37-38,42,47,49,51-55,61-62H,9-11,27-29,31-34,36H2,1-8H3/t37-,38-,42+,47-,49+,51?,52?,53?,54?,55?,57?,58?/m0/s1. The molecule has 1 saturated carbocycles. The molecule has 4 aliphatic heterocycles. The molecule has 12 atom stereocenters. The third kappa shape index (κ3) is 9.04. The highest BCUT2D eigenvalue weighted by Gasteiger charge is 2.77. The van der Waals surface area contributed by atoms with E-state index in [1.165, 1.54) is 11.1 Å². The van der Waals surface area contributed by atoms with Crippen molar-refractivity contribution in [2.24, 2.45) is 16.7 Å². The Balaban J connectivity index is 1.07. The van der Waals surface area contributed by atoms with Gasteiger partial charge in [0.05, 0.1) is 35.0 Å². The molecule has 1 aromatic heterocycles. The zero-order valence-electron chi connectivity index (χ0n) is 43.5. The van der Waals surface area contributed by atoms with Crippen LogP contribution in [0.1, 0.15) is 76.3 Å². The number of nitrogens with zero attached hydrogens (tertiary/aromatic N) is 7. The predicted octanol–water partition coefficient (Wildman–Crippen LogP) is 8.96. The molecule has 5 aliphatic rings. The van der Waals surface area contributed by atoms with E-state index in [-0.39, 0.29) is 60.3 Å². The van der Waals surface area contributed by atoms with Crippen molar-refractivity contribution in [2.45, 2.75) is 134 Å². The molecular weight excluding hydrogens is 942 g/mol. The van der Waals surface area contributed by atoms with E-state index in [0.29, 0.717) is 35.5 Å². The second kappa shape index (κ2) is 21.2. The number of carbonyl (C=O) groups is 1. The number of benzene rings is 4. The summed E-state index contributed by atoms with van der Waals surface area (Å²) in [5.41, 5.74) is 3.94. The molecule has 5 fully saturated rings. The Morgan fingerprint density at radius 1 is 0.847 bits per heavy atom. The van der Waals surface area contributed by atoms with Gasteiger partial charge in [0, 0.05) is 96.7 Å². The summed E-state index contributed by atoms with van der Waals surface area (Å²) in [4.78, 5) is 27.7. The first kappa shape index (κ1) is 51.3. The van der Waals surface area contributed by atoms with Crippen LogP contribution in [0.15, 0.2) is 103 Å². The second-order valence-electron chi connectivity index (χ2n) is 21.7. The summed E-state index contributed by atoms with van der Waals surface area (Å²) in [5, 5.41) is 18.7. The minimum atomic E-state index is -0.779. The van der Waals surface area contributed by atoms with Crippen LogP contribution in [0.4, 0.5) is 0 Å². The minimum Gasteiger partial charge on any atom is -0.457 e. The van der Waals surface area contributed by atoms with E-state index in [1.807, 2.05) is 59.4 Å². The average molecular weight is 1020 g/mol. The smallest absolute Gasteiger partial charge is 0.153 e. The van der Waals surface area contributed by atoms with Crippen LogP contribution in [0.5, 0.6) is 11.5 Å².